The molecule has 0 spiro atoms. The normalized spacial score (nSPS) is 23.3. The highest BCUT2D eigenvalue weighted by Crippen LogP contribution is 2.28. The Labute approximate surface area is 81.7 Å². The Morgan fingerprint density at radius 2 is 1.85 bits per heavy atom. The quantitative estimate of drug-likeness (QED) is 0.686. The standard InChI is InChI=1S/C11H23NO/c1-9(12-10(2)8-13)7-11-5-3-4-6-11/h9-13H,3-8H2,1-2H3. The lowest BCUT2D eigenvalue weighted by Crippen LogP contribution is -2.37. The molecule has 1 aliphatic rings. The smallest absolute Gasteiger partial charge is 0.0582 e. The Balaban J connectivity index is 2.12. The minimum atomic E-state index is 0.245. The first kappa shape index (κ1) is 11.0. The molecule has 1 fully saturated rings. The molecule has 1 rings (SSSR count). The number of hydrogen-bond acceptors (Lipinski definition) is 2. The molecule has 0 aliphatic heterocycles. The highest BCUT2D eigenvalue weighted by Gasteiger charge is 2.18. The van der Waals surface area contributed by atoms with Gasteiger partial charge in [-0.05, 0) is 26.2 Å². The third kappa shape index (κ3) is 4.10. The topological polar surface area (TPSA) is 32.3 Å². The van der Waals surface area contributed by atoms with Crippen LogP contribution in [-0.2, 0) is 0 Å². The monoisotopic (exact) mass is 185 g/mol. The van der Waals surface area contributed by atoms with E-state index in [0.29, 0.717) is 6.04 Å². The van der Waals surface area contributed by atoms with Gasteiger partial charge in [-0.25, -0.2) is 0 Å². The second kappa shape index (κ2) is 5.61. The van der Waals surface area contributed by atoms with Crippen molar-refractivity contribution in [2.75, 3.05) is 6.61 Å². The lowest BCUT2D eigenvalue weighted by Gasteiger charge is -2.21. The van der Waals surface area contributed by atoms with E-state index in [1.54, 1.807) is 0 Å². The van der Waals surface area contributed by atoms with Crippen LogP contribution >= 0.6 is 0 Å². The van der Waals surface area contributed by atoms with Crippen molar-refractivity contribution in [2.45, 2.75) is 58.0 Å². The van der Waals surface area contributed by atoms with Crippen LogP contribution in [0.2, 0.25) is 0 Å². The van der Waals surface area contributed by atoms with Crippen molar-refractivity contribution in [3.05, 3.63) is 0 Å². The number of aliphatic hydroxyl groups excluding tert-OH is 1. The van der Waals surface area contributed by atoms with Crippen LogP contribution in [0.3, 0.4) is 0 Å². The van der Waals surface area contributed by atoms with Gasteiger partial charge in [-0.3, -0.25) is 0 Å². The van der Waals surface area contributed by atoms with E-state index in [-0.39, 0.29) is 12.6 Å². The van der Waals surface area contributed by atoms with Crippen LogP contribution in [-0.4, -0.2) is 23.8 Å². The molecule has 2 unspecified atom stereocenters. The first-order valence-electron chi connectivity index (χ1n) is 5.59. The third-order valence-corrected chi connectivity index (χ3v) is 3.00. The second-order valence-corrected chi connectivity index (χ2v) is 4.54. The van der Waals surface area contributed by atoms with Gasteiger partial charge in [-0.1, -0.05) is 25.7 Å². The average Bonchev–Trinajstić information content (AvgIpc) is 2.56. The zero-order valence-corrected chi connectivity index (χ0v) is 8.92. The molecule has 0 aromatic heterocycles. The predicted molar refractivity (Wildman–Crippen MR) is 55.7 cm³/mol. The predicted octanol–water partition coefficient (Wildman–Crippen LogP) is 1.93. The van der Waals surface area contributed by atoms with Gasteiger partial charge >= 0.3 is 0 Å². The van der Waals surface area contributed by atoms with Gasteiger partial charge in [0.2, 0.25) is 0 Å². The molecule has 78 valence electrons. The van der Waals surface area contributed by atoms with Gasteiger partial charge in [0, 0.05) is 12.1 Å². The lowest BCUT2D eigenvalue weighted by atomic mass is 9.99. The molecule has 0 saturated heterocycles. The molecule has 2 heteroatoms. The van der Waals surface area contributed by atoms with Crippen LogP contribution in [0.1, 0.15) is 46.0 Å². The first-order valence-corrected chi connectivity index (χ1v) is 5.59. The second-order valence-electron chi connectivity index (χ2n) is 4.54. The summed E-state index contributed by atoms with van der Waals surface area (Å²) in [6.07, 6.45) is 6.96. The zero-order valence-electron chi connectivity index (χ0n) is 8.92. The van der Waals surface area contributed by atoms with Crippen LogP contribution in [0.4, 0.5) is 0 Å². The molecule has 0 amide bonds. The van der Waals surface area contributed by atoms with Crippen molar-refractivity contribution >= 4 is 0 Å². The number of aliphatic hydroxyl groups is 1. The third-order valence-electron chi connectivity index (χ3n) is 3.00. The molecule has 0 heterocycles. The molecule has 0 bridgehead atoms. The van der Waals surface area contributed by atoms with Gasteiger partial charge in [0.05, 0.1) is 6.61 Å². The summed E-state index contributed by atoms with van der Waals surface area (Å²) < 4.78 is 0. The molecule has 2 nitrogen and oxygen atoms in total. The highest BCUT2D eigenvalue weighted by molar-refractivity contribution is 4.74. The minimum absolute atomic E-state index is 0.245. The van der Waals surface area contributed by atoms with Crippen molar-refractivity contribution in [2.24, 2.45) is 5.92 Å². The summed E-state index contributed by atoms with van der Waals surface area (Å²) in [5.74, 6) is 0.938. The first-order chi connectivity index (χ1) is 6.22. The molecule has 13 heavy (non-hydrogen) atoms. The van der Waals surface area contributed by atoms with Crippen molar-refractivity contribution in [1.82, 2.24) is 5.32 Å². The van der Waals surface area contributed by atoms with E-state index in [9.17, 15) is 0 Å². The molecule has 0 aromatic carbocycles. The molecule has 1 aliphatic carbocycles. The van der Waals surface area contributed by atoms with E-state index >= 15 is 0 Å². The minimum Gasteiger partial charge on any atom is -0.395 e. The zero-order chi connectivity index (χ0) is 9.68. The van der Waals surface area contributed by atoms with Gasteiger partial charge in [0.25, 0.3) is 0 Å². The Morgan fingerprint density at radius 3 is 2.38 bits per heavy atom. The Morgan fingerprint density at radius 1 is 1.23 bits per heavy atom. The maximum absolute atomic E-state index is 8.88. The van der Waals surface area contributed by atoms with Crippen LogP contribution < -0.4 is 5.32 Å². The fourth-order valence-electron chi connectivity index (χ4n) is 2.35. The van der Waals surface area contributed by atoms with Crippen LogP contribution in [0.15, 0.2) is 0 Å². The van der Waals surface area contributed by atoms with Gasteiger partial charge in [0.15, 0.2) is 0 Å². The van der Waals surface area contributed by atoms with E-state index in [1.807, 2.05) is 6.92 Å². The fourth-order valence-corrected chi connectivity index (χ4v) is 2.35. The molecular weight excluding hydrogens is 162 g/mol. The van der Waals surface area contributed by atoms with E-state index in [0.717, 1.165) is 5.92 Å². The van der Waals surface area contributed by atoms with Crippen LogP contribution in [0.5, 0.6) is 0 Å². The average molecular weight is 185 g/mol. The number of rotatable bonds is 5. The van der Waals surface area contributed by atoms with Gasteiger partial charge in [-0.2, -0.15) is 0 Å². The molecule has 0 radical (unpaired) electrons. The van der Waals surface area contributed by atoms with Gasteiger partial charge in [-0.15, -0.1) is 0 Å². The highest BCUT2D eigenvalue weighted by atomic mass is 16.3. The Kier molecular flexibility index (Phi) is 4.74. The van der Waals surface area contributed by atoms with E-state index in [1.165, 1.54) is 32.1 Å². The molecule has 2 N–H and O–H groups in total. The van der Waals surface area contributed by atoms with Crippen molar-refractivity contribution in [3.8, 4) is 0 Å². The van der Waals surface area contributed by atoms with Crippen molar-refractivity contribution in [1.29, 1.82) is 0 Å². The lowest BCUT2D eigenvalue weighted by molar-refractivity contribution is 0.236. The fraction of sp³-hybridized carbons (Fsp3) is 1.00. The largest absolute Gasteiger partial charge is 0.395 e. The molecular formula is C11H23NO. The summed E-state index contributed by atoms with van der Waals surface area (Å²) in [4.78, 5) is 0. The summed E-state index contributed by atoms with van der Waals surface area (Å²) in [7, 11) is 0. The molecule has 2 atom stereocenters. The number of hydrogen-bond donors (Lipinski definition) is 2. The van der Waals surface area contributed by atoms with Crippen molar-refractivity contribution in [3.63, 3.8) is 0 Å². The Hall–Kier alpha value is -0.0800. The summed E-state index contributed by atoms with van der Waals surface area (Å²) in [6, 6.07) is 0.807. The SMILES string of the molecule is CC(CO)NC(C)CC1CCCC1. The van der Waals surface area contributed by atoms with Crippen molar-refractivity contribution < 1.29 is 5.11 Å². The maximum atomic E-state index is 8.88. The van der Waals surface area contributed by atoms with E-state index < -0.39 is 0 Å². The Bertz CT molecular complexity index is 132. The molecule has 0 aromatic rings. The van der Waals surface area contributed by atoms with Crippen LogP contribution in [0, 0.1) is 5.92 Å². The summed E-state index contributed by atoms with van der Waals surface area (Å²) >= 11 is 0. The molecule has 1 saturated carbocycles. The van der Waals surface area contributed by atoms with Gasteiger partial charge in [0.1, 0.15) is 0 Å². The van der Waals surface area contributed by atoms with E-state index in [2.05, 4.69) is 12.2 Å². The van der Waals surface area contributed by atoms with Crippen LogP contribution in [0.25, 0.3) is 0 Å². The van der Waals surface area contributed by atoms with E-state index in [4.69, 9.17) is 5.11 Å². The summed E-state index contributed by atoms with van der Waals surface area (Å²) in [5.41, 5.74) is 0. The summed E-state index contributed by atoms with van der Waals surface area (Å²) in [6.45, 7) is 4.50. The number of nitrogens with one attached hydrogen (secondary N) is 1. The summed E-state index contributed by atoms with van der Waals surface area (Å²) in [5, 5.41) is 12.3. The van der Waals surface area contributed by atoms with Gasteiger partial charge < -0.3 is 10.4 Å². The maximum Gasteiger partial charge on any atom is 0.0582 e.